The van der Waals surface area contributed by atoms with Crippen LogP contribution < -0.4 is 21.1 Å². The summed E-state index contributed by atoms with van der Waals surface area (Å²) in [7, 11) is 1.47. The van der Waals surface area contributed by atoms with Crippen molar-refractivity contribution in [2.75, 3.05) is 43.6 Å². The van der Waals surface area contributed by atoms with Crippen LogP contribution in [0.15, 0.2) is 17.1 Å². The van der Waals surface area contributed by atoms with Crippen molar-refractivity contribution in [2.45, 2.75) is 12.8 Å². The molecule has 3 N–H and O–H groups in total. The lowest BCUT2D eigenvalue weighted by atomic mass is 9.86. The molecule has 27 heavy (non-hydrogen) atoms. The van der Waals surface area contributed by atoms with Gasteiger partial charge in [0.2, 0.25) is 5.43 Å². The first-order valence-electron chi connectivity index (χ1n) is 8.81. The van der Waals surface area contributed by atoms with E-state index in [0.29, 0.717) is 13.1 Å². The van der Waals surface area contributed by atoms with E-state index in [1.165, 1.54) is 7.05 Å². The second kappa shape index (κ2) is 6.19. The van der Waals surface area contributed by atoms with Crippen LogP contribution in [0.3, 0.4) is 0 Å². The lowest BCUT2D eigenvalue weighted by molar-refractivity contribution is 0.0695. The molecule has 9 heteroatoms. The first-order valence-corrected chi connectivity index (χ1v) is 8.81. The molecule has 3 heterocycles. The van der Waals surface area contributed by atoms with Crippen LogP contribution >= 0.6 is 0 Å². The predicted molar refractivity (Wildman–Crippen MR) is 97.1 cm³/mol. The van der Waals surface area contributed by atoms with Gasteiger partial charge in [-0.25, -0.2) is 13.6 Å². The van der Waals surface area contributed by atoms with Gasteiger partial charge in [-0.3, -0.25) is 9.47 Å². The summed E-state index contributed by atoms with van der Waals surface area (Å²) < 4.78 is 31.3. The Balaban J connectivity index is 1.90. The van der Waals surface area contributed by atoms with E-state index in [-0.39, 0.29) is 22.0 Å². The number of aromatic carboxylic acids is 1. The monoisotopic (exact) mass is 378 g/mol. The highest BCUT2D eigenvalue weighted by atomic mass is 19.1. The lowest BCUT2D eigenvalue weighted by Crippen LogP contribution is -2.30. The number of fused-ring (bicyclic) bond motifs is 1. The first kappa shape index (κ1) is 17.7. The topological polar surface area (TPSA) is 86.6 Å². The summed E-state index contributed by atoms with van der Waals surface area (Å²) in [6, 6.07) is 0.939. The SMILES string of the molecule is CNn1cc(C(=O)O)c(=O)c2cc(F)c(N3CCC4(CCNC4)C3)c(F)c21. The van der Waals surface area contributed by atoms with Gasteiger partial charge in [-0.05, 0) is 25.5 Å². The van der Waals surface area contributed by atoms with Crippen LogP contribution in [0.25, 0.3) is 10.9 Å². The van der Waals surface area contributed by atoms with Crippen LogP contribution in [0.1, 0.15) is 23.2 Å². The van der Waals surface area contributed by atoms with Gasteiger partial charge >= 0.3 is 5.97 Å². The minimum Gasteiger partial charge on any atom is -0.477 e. The highest BCUT2D eigenvalue weighted by molar-refractivity contribution is 5.94. The highest BCUT2D eigenvalue weighted by Gasteiger charge is 2.42. The Morgan fingerprint density at radius 1 is 1.37 bits per heavy atom. The number of carbonyl (C=O) groups is 1. The zero-order chi connectivity index (χ0) is 19.3. The molecule has 1 aromatic carbocycles. The van der Waals surface area contributed by atoms with E-state index < -0.39 is 28.6 Å². The van der Waals surface area contributed by atoms with Gasteiger partial charge in [-0.2, -0.15) is 0 Å². The molecule has 1 spiro atoms. The molecule has 2 fully saturated rings. The van der Waals surface area contributed by atoms with Gasteiger partial charge in [0.15, 0.2) is 5.82 Å². The standard InChI is InChI=1S/C18H20F2N4O3/c1-21-24-7-11(17(26)27)16(25)10-6-12(19)15(13(20)14(10)24)23-5-3-18(9-23)2-4-22-8-18/h6-7,21-22H,2-5,8-9H2,1H3,(H,26,27). The molecule has 2 saturated heterocycles. The number of hydrogen-bond donors (Lipinski definition) is 3. The summed E-state index contributed by atoms with van der Waals surface area (Å²) in [5, 5.41) is 12.2. The Labute approximate surface area is 153 Å². The fourth-order valence-corrected chi connectivity index (χ4v) is 4.29. The lowest BCUT2D eigenvalue weighted by Gasteiger charge is -2.25. The smallest absolute Gasteiger partial charge is 0.341 e. The van der Waals surface area contributed by atoms with Crippen LogP contribution in [-0.4, -0.2) is 49.0 Å². The molecule has 1 atom stereocenters. The summed E-state index contributed by atoms with van der Waals surface area (Å²) in [4.78, 5) is 25.4. The van der Waals surface area contributed by atoms with E-state index in [1.807, 2.05) is 0 Å². The zero-order valence-electron chi connectivity index (χ0n) is 14.8. The number of pyridine rings is 1. The van der Waals surface area contributed by atoms with Crippen LogP contribution in [-0.2, 0) is 0 Å². The van der Waals surface area contributed by atoms with Crippen molar-refractivity contribution < 1.29 is 18.7 Å². The van der Waals surface area contributed by atoms with Gasteiger partial charge in [-0.15, -0.1) is 0 Å². The van der Waals surface area contributed by atoms with Crippen LogP contribution in [0.4, 0.5) is 14.5 Å². The fourth-order valence-electron chi connectivity index (χ4n) is 4.29. The Kier molecular flexibility index (Phi) is 4.06. The molecule has 2 aliphatic heterocycles. The largest absolute Gasteiger partial charge is 0.477 e. The second-order valence-electron chi connectivity index (χ2n) is 7.29. The summed E-state index contributed by atoms with van der Waals surface area (Å²) in [6.07, 6.45) is 2.82. The fraction of sp³-hybridized carbons (Fsp3) is 0.444. The Bertz CT molecular complexity index is 998. The molecule has 4 rings (SSSR count). The molecule has 144 valence electrons. The predicted octanol–water partition coefficient (Wildman–Crippen LogP) is 1.34. The first-order chi connectivity index (χ1) is 12.9. The molecular formula is C18H20F2N4O3. The van der Waals surface area contributed by atoms with Gasteiger partial charge in [0.05, 0.1) is 5.39 Å². The van der Waals surface area contributed by atoms with E-state index in [2.05, 4.69) is 10.7 Å². The molecule has 1 aromatic heterocycles. The van der Waals surface area contributed by atoms with E-state index in [9.17, 15) is 19.1 Å². The minimum atomic E-state index is -1.45. The molecule has 7 nitrogen and oxygen atoms in total. The number of halogens is 2. The van der Waals surface area contributed by atoms with Crippen molar-refractivity contribution in [1.82, 2.24) is 9.99 Å². The number of nitrogens with one attached hydrogen (secondary N) is 2. The molecule has 0 bridgehead atoms. The maximum atomic E-state index is 15.4. The summed E-state index contributed by atoms with van der Waals surface area (Å²) in [5.41, 5.74) is 0.868. The molecule has 2 aromatic rings. The second-order valence-corrected chi connectivity index (χ2v) is 7.29. The normalized spacial score (nSPS) is 22.1. The summed E-state index contributed by atoms with van der Waals surface area (Å²) >= 11 is 0. The third-order valence-electron chi connectivity index (χ3n) is 5.71. The van der Waals surface area contributed by atoms with E-state index in [1.54, 1.807) is 4.90 Å². The third-order valence-corrected chi connectivity index (χ3v) is 5.71. The number of hydrogen-bond acceptors (Lipinski definition) is 5. The molecule has 0 amide bonds. The van der Waals surface area contributed by atoms with E-state index in [0.717, 1.165) is 42.9 Å². The average molecular weight is 378 g/mol. The van der Waals surface area contributed by atoms with Crippen molar-refractivity contribution in [2.24, 2.45) is 5.41 Å². The number of aromatic nitrogens is 1. The molecule has 0 saturated carbocycles. The Morgan fingerprint density at radius 3 is 2.78 bits per heavy atom. The van der Waals surface area contributed by atoms with Crippen LogP contribution in [0.2, 0.25) is 0 Å². The van der Waals surface area contributed by atoms with E-state index >= 15 is 4.39 Å². The Hall–Kier alpha value is -2.68. The molecule has 1 unspecified atom stereocenters. The van der Waals surface area contributed by atoms with Crippen molar-refractivity contribution in [3.8, 4) is 0 Å². The number of rotatable bonds is 3. The number of anilines is 1. The van der Waals surface area contributed by atoms with Gasteiger partial charge in [0.25, 0.3) is 0 Å². The minimum absolute atomic E-state index is 0.0175. The van der Waals surface area contributed by atoms with Crippen molar-refractivity contribution in [3.05, 3.63) is 39.7 Å². The van der Waals surface area contributed by atoms with Gasteiger partial charge < -0.3 is 20.7 Å². The van der Waals surface area contributed by atoms with Gasteiger partial charge in [0, 0.05) is 38.3 Å². The number of carboxylic acids is 1. The number of nitrogens with zero attached hydrogens (tertiary/aromatic N) is 2. The maximum Gasteiger partial charge on any atom is 0.341 e. The van der Waals surface area contributed by atoms with Crippen LogP contribution in [0.5, 0.6) is 0 Å². The third kappa shape index (κ3) is 2.64. The summed E-state index contributed by atoms with van der Waals surface area (Å²) in [5.74, 6) is -3.17. The molecule has 0 aliphatic carbocycles. The van der Waals surface area contributed by atoms with Crippen molar-refractivity contribution >= 4 is 22.6 Å². The summed E-state index contributed by atoms with van der Waals surface area (Å²) in [6.45, 7) is 2.78. The average Bonchev–Trinajstić information content (AvgIpc) is 3.26. The Morgan fingerprint density at radius 2 is 2.15 bits per heavy atom. The van der Waals surface area contributed by atoms with Gasteiger partial charge in [0.1, 0.15) is 22.6 Å². The zero-order valence-corrected chi connectivity index (χ0v) is 14.8. The number of carboxylic acid groups (broad SMARTS) is 1. The molecule has 2 aliphatic rings. The molecule has 0 radical (unpaired) electrons. The number of benzene rings is 1. The van der Waals surface area contributed by atoms with E-state index in [4.69, 9.17) is 0 Å². The highest BCUT2D eigenvalue weighted by Crippen LogP contribution is 2.40. The quantitative estimate of drug-likeness (QED) is 0.747. The maximum absolute atomic E-state index is 15.4. The van der Waals surface area contributed by atoms with Crippen molar-refractivity contribution in [3.63, 3.8) is 0 Å². The van der Waals surface area contributed by atoms with Crippen molar-refractivity contribution in [1.29, 1.82) is 0 Å². The van der Waals surface area contributed by atoms with Gasteiger partial charge in [-0.1, -0.05) is 0 Å². The molecular weight excluding hydrogens is 358 g/mol. The van der Waals surface area contributed by atoms with Crippen LogP contribution in [0, 0.1) is 17.0 Å².